The van der Waals surface area contributed by atoms with Crippen LogP contribution in [0, 0.1) is 11.8 Å². The molecule has 1 aliphatic heterocycles. The molecule has 5 rings (SSSR count). The molecule has 2 heterocycles. The number of aromatic amines is 1. The van der Waals surface area contributed by atoms with Crippen LogP contribution >= 0.6 is 0 Å². The van der Waals surface area contributed by atoms with E-state index in [2.05, 4.69) is 10.3 Å². The van der Waals surface area contributed by atoms with E-state index in [1.165, 1.54) is 7.11 Å². The number of ether oxygens (including phenoxy) is 2. The number of nitrogens with two attached hydrogens (primary N) is 1. The Bertz CT molecular complexity index is 1390. The van der Waals surface area contributed by atoms with E-state index in [-0.39, 0.29) is 36.2 Å². The molecule has 3 aromatic rings. The first kappa shape index (κ1) is 29.7. The standard InChI is InChI=1S/C32H39FN4O5/c1-41-15-16-42-32(40)28-18-23-17-24(11-12-27(23)36-28)35-30(38)29-25(20-5-3-2-4-6-20)13-14-37(29)31(39)22-9-7-21(8-10-22)26(34)19-33/h2-6,11-12,17-18,21-22,25-26,29,36H,7-10,13-16,19,34H2,1H3,(H,35,38)/t21-,22-,25-,26-,29+/m1/s1. The van der Waals surface area contributed by atoms with Crippen molar-refractivity contribution in [3.63, 3.8) is 0 Å². The molecule has 1 saturated heterocycles. The van der Waals surface area contributed by atoms with Gasteiger partial charge in [0.1, 0.15) is 25.0 Å². The minimum absolute atomic E-state index is 0.0152. The van der Waals surface area contributed by atoms with Gasteiger partial charge in [0.05, 0.1) is 6.61 Å². The van der Waals surface area contributed by atoms with Crippen molar-refractivity contribution in [2.24, 2.45) is 17.6 Å². The van der Waals surface area contributed by atoms with Crippen molar-refractivity contribution in [2.45, 2.75) is 50.1 Å². The molecule has 2 amide bonds. The van der Waals surface area contributed by atoms with E-state index in [0.29, 0.717) is 56.6 Å². The zero-order chi connectivity index (χ0) is 29.6. The molecule has 0 bridgehead atoms. The van der Waals surface area contributed by atoms with E-state index in [0.717, 1.165) is 16.5 Å². The van der Waals surface area contributed by atoms with Gasteiger partial charge in [-0.2, -0.15) is 0 Å². The summed E-state index contributed by atoms with van der Waals surface area (Å²) < 4.78 is 23.2. The van der Waals surface area contributed by atoms with Gasteiger partial charge in [-0.1, -0.05) is 30.3 Å². The molecule has 2 aromatic carbocycles. The summed E-state index contributed by atoms with van der Waals surface area (Å²) in [7, 11) is 1.53. The summed E-state index contributed by atoms with van der Waals surface area (Å²) in [6.07, 6.45) is 3.41. The highest BCUT2D eigenvalue weighted by Crippen LogP contribution is 2.38. The van der Waals surface area contributed by atoms with Crippen molar-refractivity contribution >= 4 is 34.4 Å². The first-order valence-electron chi connectivity index (χ1n) is 14.7. The van der Waals surface area contributed by atoms with E-state index in [9.17, 15) is 18.8 Å². The van der Waals surface area contributed by atoms with Crippen LogP contribution in [0.3, 0.4) is 0 Å². The van der Waals surface area contributed by atoms with Crippen LogP contribution in [0.1, 0.15) is 54.1 Å². The lowest BCUT2D eigenvalue weighted by molar-refractivity contribution is -0.141. The van der Waals surface area contributed by atoms with Crippen molar-refractivity contribution < 1.29 is 28.2 Å². The summed E-state index contributed by atoms with van der Waals surface area (Å²) in [6, 6.07) is 15.7. The molecular weight excluding hydrogens is 539 g/mol. The molecule has 1 saturated carbocycles. The predicted molar refractivity (Wildman–Crippen MR) is 158 cm³/mol. The highest BCUT2D eigenvalue weighted by atomic mass is 19.1. The number of carbonyl (C=O) groups is 3. The number of anilines is 1. The number of hydrogen-bond acceptors (Lipinski definition) is 6. The zero-order valence-electron chi connectivity index (χ0n) is 23.9. The molecule has 2 aliphatic rings. The number of likely N-dealkylation sites (tertiary alicyclic amines) is 1. The van der Waals surface area contributed by atoms with Crippen molar-refractivity contribution in [3.05, 3.63) is 65.9 Å². The fourth-order valence-electron chi connectivity index (χ4n) is 6.40. The number of carbonyl (C=O) groups excluding carboxylic acids is 3. The van der Waals surface area contributed by atoms with Crippen LogP contribution < -0.4 is 11.1 Å². The number of benzene rings is 2. The van der Waals surface area contributed by atoms with Crippen LogP contribution in [0.15, 0.2) is 54.6 Å². The van der Waals surface area contributed by atoms with Gasteiger partial charge in [0.15, 0.2) is 0 Å². The molecule has 2 fully saturated rings. The average molecular weight is 579 g/mol. The topological polar surface area (TPSA) is 127 Å². The van der Waals surface area contributed by atoms with Crippen molar-refractivity contribution in [1.82, 2.24) is 9.88 Å². The lowest BCUT2D eigenvalue weighted by Crippen LogP contribution is -2.48. The Morgan fingerprint density at radius 1 is 1.05 bits per heavy atom. The second kappa shape index (κ2) is 13.5. The number of nitrogens with zero attached hydrogens (tertiary/aromatic N) is 1. The Balaban J connectivity index is 1.33. The van der Waals surface area contributed by atoms with E-state index in [1.54, 1.807) is 29.2 Å². The number of alkyl halides is 1. The van der Waals surface area contributed by atoms with Crippen LogP contribution in [0.4, 0.5) is 10.1 Å². The SMILES string of the molecule is COCCOC(=O)c1cc2cc(NC(=O)[C@@H]3[C@@H](c4ccccc4)CCN3C(=O)[C@H]3CC[C@H]([C@H](N)CF)CC3)ccc2[nH]1. The first-order valence-corrected chi connectivity index (χ1v) is 14.7. The first-order chi connectivity index (χ1) is 20.4. The number of rotatable bonds is 10. The number of hydrogen-bond donors (Lipinski definition) is 3. The minimum atomic E-state index is -0.668. The lowest BCUT2D eigenvalue weighted by Gasteiger charge is -2.35. The molecular formula is C32H39FN4O5. The summed E-state index contributed by atoms with van der Waals surface area (Å²) in [5, 5.41) is 3.78. The average Bonchev–Trinajstić information content (AvgIpc) is 3.66. The third-order valence-electron chi connectivity index (χ3n) is 8.71. The van der Waals surface area contributed by atoms with E-state index < -0.39 is 24.7 Å². The maximum Gasteiger partial charge on any atom is 0.354 e. The molecule has 0 radical (unpaired) electrons. The quantitative estimate of drug-likeness (QED) is 0.242. The van der Waals surface area contributed by atoms with Gasteiger partial charge < -0.3 is 30.4 Å². The van der Waals surface area contributed by atoms with E-state index >= 15 is 0 Å². The van der Waals surface area contributed by atoms with Crippen molar-refractivity contribution in [3.8, 4) is 0 Å². The zero-order valence-corrected chi connectivity index (χ0v) is 23.9. The Labute approximate surface area is 244 Å². The van der Waals surface area contributed by atoms with Gasteiger partial charge in [-0.25, -0.2) is 9.18 Å². The molecule has 1 aliphatic carbocycles. The smallest absolute Gasteiger partial charge is 0.354 e. The van der Waals surface area contributed by atoms with Crippen molar-refractivity contribution in [2.75, 3.05) is 38.9 Å². The number of nitrogens with one attached hydrogen (secondary N) is 2. The highest BCUT2D eigenvalue weighted by molar-refractivity contribution is 6.01. The lowest BCUT2D eigenvalue weighted by atomic mass is 9.78. The monoisotopic (exact) mass is 578 g/mol. The Morgan fingerprint density at radius 2 is 1.81 bits per heavy atom. The van der Waals surface area contributed by atoms with Crippen molar-refractivity contribution in [1.29, 1.82) is 0 Å². The summed E-state index contributed by atoms with van der Waals surface area (Å²) in [6.45, 7) is 0.399. The van der Waals surface area contributed by atoms with Crippen LogP contribution in [-0.2, 0) is 19.1 Å². The fourth-order valence-corrected chi connectivity index (χ4v) is 6.40. The normalized spacial score (nSPS) is 23.1. The minimum Gasteiger partial charge on any atom is -0.459 e. The number of aromatic nitrogens is 1. The highest BCUT2D eigenvalue weighted by Gasteiger charge is 2.44. The van der Waals surface area contributed by atoms with Gasteiger partial charge in [0.25, 0.3) is 0 Å². The molecule has 0 unspecified atom stereocenters. The summed E-state index contributed by atoms with van der Waals surface area (Å²) in [5.41, 5.74) is 8.56. The maximum atomic E-state index is 13.9. The Kier molecular flexibility index (Phi) is 9.54. The van der Waals surface area contributed by atoms with Gasteiger partial charge in [-0.05, 0) is 67.9 Å². The predicted octanol–water partition coefficient (Wildman–Crippen LogP) is 4.40. The third kappa shape index (κ3) is 6.50. The number of H-pyrrole nitrogens is 1. The number of halogens is 1. The van der Waals surface area contributed by atoms with E-state index in [1.807, 2.05) is 30.3 Å². The Morgan fingerprint density at radius 3 is 2.52 bits per heavy atom. The number of esters is 1. The van der Waals surface area contributed by atoms with Crippen LogP contribution in [-0.4, -0.2) is 73.3 Å². The van der Waals surface area contributed by atoms with Crippen LogP contribution in [0.5, 0.6) is 0 Å². The third-order valence-corrected chi connectivity index (χ3v) is 8.71. The summed E-state index contributed by atoms with van der Waals surface area (Å²) in [5.74, 6) is -1.01. The van der Waals surface area contributed by atoms with Gasteiger partial charge in [0.2, 0.25) is 11.8 Å². The molecule has 224 valence electrons. The number of methoxy groups -OCH3 is 1. The molecule has 9 nitrogen and oxygen atoms in total. The second-order valence-corrected chi connectivity index (χ2v) is 11.3. The van der Waals surface area contributed by atoms with Crippen LogP contribution in [0.25, 0.3) is 10.9 Å². The number of fused-ring (bicyclic) bond motifs is 1. The summed E-state index contributed by atoms with van der Waals surface area (Å²) in [4.78, 5) is 44.9. The largest absolute Gasteiger partial charge is 0.459 e. The van der Waals surface area contributed by atoms with E-state index in [4.69, 9.17) is 15.2 Å². The summed E-state index contributed by atoms with van der Waals surface area (Å²) >= 11 is 0. The molecule has 3 atom stereocenters. The van der Waals surface area contributed by atoms with Gasteiger partial charge in [-0.15, -0.1) is 0 Å². The molecule has 4 N–H and O–H groups in total. The molecule has 10 heteroatoms. The van der Waals surface area contributed by atoms with Crippen LogP contribution in [0.2, 0.25) is 0 Å². The van der Waals surface area contributed by atoms with Gasteiger partial charge in [-0.3, -0.25) is 9.59 Å². The molecule has 1 aromatic heterocycles. The number of amides is 2. The molecule has 0 spiro atoms. The fraction of sp³-hybridized carbons (Fsp3) is 0.469. The second-order valence-electron chi connectivity index (χ2n) is 11.3. The molecule has 42 heavy (non-hydrogen) atoms. The van der Waals surface area contributed by atoms with Gasteiger partial charge >= 0.3 is 5.97 Å². The maximum absolute atomic E-state index is 13.9. The Hall–Kier alpha value is -3.76. The van der Waals surface area contributed by atoms with Gasteiger partial charge in [0, 0.05) is 48.1 Å².